The number of carbonyl (C=O) groups excluding carboxylic acids is 2. The van der Waals surface area contributed by atoms with Crippen molar-refractivity contribution >= 4 is 11.9 Å². The van der Waals surface area contributed by atoms with Crippen LogP contribution >= 0.6 is 0 Å². The van der Waals surface area contributed by atoms with Crippen molar-refractivity contribution in [3.05, 3.63) is 0 Å². The number of carbonyl (C=O) groups is 2. The van der Waals surface area contributed by atoms with Gasteiger partial charge in [-0.2, -0.15) is 0 Å². The molecule has 0 aromatic carbocycles. The van der Waals surface area contributed by atoms with Gasteiger partial charge in [-0.15, -0.1) is 0 Å². The molecular weight excluding hydrogens is 310 g/mol. The van der Waals surface area contributed by atoms with E-state index in [1.807, 2.05) is 0 Å². The molecule has 1 saturated heterocycles. The average Bonchev–Trinajstić information content (AvgIpc) is 3.11. The molecule has 1 saturated carbocycles. The fourth-order valence-corrected chi connectivity index (χ4v) is 3.20. The summed E-state index contributed by atoms with van der Waals surface area (Å²) in [5.41, 5.74) is 0. The summed E-state index contributed by atoms with van der Waals surface area (Å²) in [6.07, 6.45) is 6.68. The van der Waals surface area contributed by atoms with Crippen LogP contribution in [-0.2, 0) is 23.8 Å². The zero-order valence-electron chi connectivity index (χ0n) is 14.9. The predicted molar refractivity (Wildman–Crippen MR) is 89.5 cm³/mol. The summed E-state index contributed by atoms with van der Waals surface area (Å²) in [4.78, 5) is 24.1. The summed E-state index contributed by atoms with van der Waals surface area (Å²) in [5, 5.41) is 2.90. The van der Waals surface area contributed by atoms with Crippen molar-refractivity contribution < 1.29 is 23.8 Å². The smallest absolute Gasteiger partial charge is 0.335 e. The molecule has 0 bridgehead atoms. The third kappa shape index (κ3) is 6.40. The highest BCUT2D eigenvalue weighted by atomic mass is 16.6. The van der Waals surface area contributed by atoms with Gasteiger partial charge < -0.3 is 19.5 Å². The Morgan fingerprint density at radius 2 is 1.83 bits per heavy atom. The van der Waals surface area contributed by atoms with Gasteiger partial charge in [-0.3, -0.25) is 4.79 Å². The summed E-state index contributed by atoms with van der Waals surface area (Å²) in [5.74, 6) is -0.187. The first kappa shape index (κ1) is 19.2. The van der Waals surface area contributed by atoms with Gasteiger partial charge in [0.2, 0.25) is 0 Å². The normalized spacial score (nSPS) is 24.3. The SMILES string of the molecule is CC(OC(=O)C(C)OCC1CCCO1)C(=O)NCC1CCCCC1. The number of hydrogen-bond acceptors (Lipinski definition) is 5. The van der Waals surface area contributed by atoms with E-state index in [1.165, 1.54) is 32.1 Å². The molecule has 24 heavy (non-hydrogen) atoms. The molecule has 3 atom stereocenters. The summed E-state index contributed by atoms with van der Waals surface area (Å²) >= 11 is 0. The van der Waals surface area contributed by atoms with Crippen LogP contribution < -0.4 is 5.32 Å². The van der Waals surface area contributed by atoms with Gasteiger partial charge in [0.15, 0.2) is 12.2 Å². The van der Waals surface area contributed by atoms with Crippen LogP contribution in [0.2, 0.25) is 0 Å². The summed E-state index contributed by atoms with van der Waals surface area (Å²) in [7, 11) is 0. The minimum atomic E-state index is -0.796. The Morgan fingerprint density at radius 1 is 1.08 bits per heavy atom. The van der Waals surface area contributed by atoms with E-state index in [2.05, 4.69) is 5.32 Å². The van der Waals surface area contributed by atoms with Crippen LogP contribution in [0.3, 0.4) is 0 Å². The lowest BCUT2D eigenvalue weighted by molar-refractivity contribution is -0.166. The summed E-state index contributed by atoms with van der Waals surface area (Å²) in [6, 6.07) is 0. The Kier molecular flexibility index (Phi) is 7.99. The maximum atomic E-state index is 12.1. The molecule has 2 aliphatic rings. The zero-order chi connectivity index (χ0) is 17.4. The van der Waals surface area contributed by atoms with Gasteiger partial charge in [0.1, 0.15) is 0 Å². The Morgan fingerprint density at radius 3 is 2.50 bits per heavy atom. The number of esters is 1. The van der Waals surface area contributed by atoms with E-state index < -0.39 is 18.2 Å². The molecule has 0 aromatic rings. The van der Waals surface area contributed by atoms with E-state index in [9.17, 15) is 9.59 Å². The monoisotopic (exact) mass is 341 g/mol. The lowest BCUT2D eigenvalue weighted by Gasteiger charge is -2.23. The average molecular weight is 341 g/mol. The molecule has 2 rings (SSSR count). The molecule has 6 heteroatoms. The lowest BCUT2D eigenvalue weighted by atomic mass is 9.89. The van der Waals surface area contributed by atoms with Gasteiger partial charge in [0.05, 0.1) is 12.7 Å². The van der Waals surface area contributed by atoms with Crippen molar-refractivity contribution in [2.24, 2.45) is 5.92 Å². The third-order valence-electron chi connectivity index (χ3n) is 4.84. The van der Waals surface area contributed by atoms with Crippen molar-refractivity contribution in [2.75, 3.05) is 19.8 Å². The molecule has 1 heterocycles. The zero-order valence-corrected chi connectivity index (χ0v) is 14.9. The molecule has 1 amide bonds. The largest absolute Gasteiger partial charge is 0.451 e. The fraction of sp³-hybridized carbons (Fsp3) is 0.889. The van der Waals surface area contributed by atoms with Gasteiger partial charge in [-0.1, -0.05) is 19.3 Å². The highest BCUT2D eigenvalue weighted by Crippen LogP contribution is 2.22. The quantitative estimate of drug-likeness (QED) is 0.685. The first-order valence-electron chi connectivity index (χ1n) is 9.27. The molecule has 0 radical (unpaired) electrons. The number of nitrogens with one attached hydrogen (secondary N) is 1. The van der Waals surface area contributed by atoms with Gasteiger partial charge in [0.25, 0.3) is 5.91 Å². The molecule has 138 valence electrons. The van der Waals surface area contributed by atoms with Gasteiger partial charge in [0, 0.05) is 13.2 Å². The number of hydrogen-bond donors (Lipinski definition) is 1. The fourth-order valence-electron chi connectivity index (χ4n) is 3.20. The van der Waals surface area contributed by atoms with Crippen LogP contribution in [0, 0.1) is 5.92 Å². The second-order valence-corrected chi connectivity index (χ2v) is 6.94. The standard InChI is InChI=1S/C18H31NO5/c1-13(17(20)19-11-15-7-4-3-5-8-15)24-18(21)14(2)23-12-16-9-6-10-22-16/h13-16H,3-12H2,1-2H3,(H,19,20). The van der Waals surface area contributed by atoms with E-state index in [4.69, 9.17) is 14.2 Å². The molecule has 1 N–H and O–H groups in total. The Balaban J connectivity index is 1.62. The van der Waals surface area contributed by atoms with E-state index in [-0.39, 0.29) is 12.0 Å². The molecule has 1 aliphatic heterocycles. The van der Waals surface area contributed by atoms with Crippen LogP contribution in [0.4, 0.5) is 0 Å². The number of ether oxygens (including phenoxy) is 3. The van der Waals surface area contributed by atoms with Crippen molar-refractivity contribution in [1.82, 2.24) is 5.32 Å². The Labute approximate surface area is 144 Å². The number of rotatable bonds is 8. The van der Waals surface area contributed by atoms with Crippen LogP contribution in [0.15, 0.2) is 0 Å². The highest BCUT2D eigenvalue weighted by molar-refractivity contribution is 5.84. The van der Waals surface area contributed by atoms with E-state index >= 15 is 0 Å². The maximum absolute atomic E-state index is 12.1. The van der Waals surface area contributed by atoms with E-state index in [0.29, 0.717) is 19.1 Å². The lowest BCUT2D eigenvalue weighted by Crippen LogP contribution is -2.40. The Hall–Kier alpha value is -1.14. The van der Waals surface area contributed by atoms with Gasteiger partial charge in [-0.05, 0) is 45.4 Å². The van der Waals surface area contributed by atoms with Gasteiger partial charge in [-0.25, -0.2) is 4.79 Å². The summed E-state index contributed by atoms with van der Waals surface area (Å²) in [6.45, 7) is 5.06. The molecule has 1 aliphatic carbocycles. The molecule has 6 nitrogen and oxygen atoms in total. The van der Waals surface area contributed by atoms with Crippen molar-refractivity contribution in [1.29, 1.82) is 0 Å². The van der Waals surface area contributed by atoms with Crippen molar-refractivity contribution in [3.63, 3.8) is 0 Å². The minimum Gasteiger partial charge on any atom is -0.451 e. The maximum Gasteiger partial charge on any atom is 0.335 e. The second-order valence-electron chi connectivity index (χ2n) is 6.94. The third-order valence-corrected chi connectivity index (χ3v) is 4.84. The second kappa shape index (κ2) is 9.99. The van der Waals surface area contributed by atoms with Gasteiger partial charge >= 0.3 is 5.97 Å². The number of amides is 1. The Bertz CT molecular complexity index is 402. The van der Waals surface area contributed by atoms with Crippen molar-refractivity contribution in [2.45, 2.75) is 77.1 Å². The molecule has 2 fully saturated rings. The molecule has 0 spiro atoms. The van der Waals surface area contributed by atoms with E-state index in [0.717, 1.165) is 19.4 Å². The topological polar surface area (TPSA) is 73.9 Å². The van der Waals surface area contributed by atoms with E-state index in [1.54, 1.807) is 13.8 Å². The molecular formula is C18H31NO5. The highest BCUT2D eigenvalue weighted by Gasteiger charge is 2.25. The molecule has 0 aromatic heterocycles. The minimum absolute atomic E-state index is 0.0662. The van der Waals surface area contributed by atoms with Crippen LogP contribution in [-0.4, -0.2) is 49.9 Å². The van der Waals surface area contributed by atoms with Crippen LogP contribution in [0.25, 0.3) is 0 Å². The summed E-state index contributed by atoms with van der Waals surface area (Å²) < 4.78 is 16.2. The van der Waals surface area contributed by atoms with Crippen LogP contribution in [0.5, 0.6) is 0 Å². The van der Waals surface area contributed by atoms with Crippen LogP contribution in [0.1, 0.15) is 58.8 Å². The first-order chi connectivity index (χ1) is 11.6. The van der Waals surface area contributed by atoms with Crippen molar-refractivity contribution in [3.8, 4) is 0 Å². The molecule has 3 unspecified atom stereocenters. The first-order valence-corrected chi connectivity index (χ1v) is 9.27. The predicted octanol–water partition coefficient (Wildman–Crippen LogP) is 2.20.